The van der Waals surface area contributed by atoms with Crippen LogP contribution in [0.4, 0.5) is 0 Å². The van der Waals surface area contributed by atoms with Crippen molar-refractivity contribution in [1.82, 2.24) is 15.0 Å². The second kappa shape index (κ2) is 7.29. The Morgan fingerprint density at radius 2 is 1.26 bits per heavy atom. The Balaban J connectivity index is 1.41. The summed E-state index contributed by atoms with van der Waals surface area (Å²) in [4.78, 5) is 12.2. The lowest BCUT2D eigenvalue weighted by molar-refractivity contribution is 0.668. The Morgan fingerprint density at radius 3 is 2.15 bits per heavy atom. The fraction of sp³-hybridized carbons (Fsp3) is 0. The molecule has 0 amide bonds. The predicted molar refractivity (Wildman–Crippen MR) is 135 cm³/mol. The van der Waals surface area contributed by atoms with E-state index in [0.29, 0.717) is 5.82 Å². The molecule has 0 aliphatic heterocycles. The molecule has 0 spiro atoms. The highest BCUT2D eigenvalue weighted by atomic mass is 35.5. The Kier molecular flexibility index (Phi) is 4.19. The number of aromatic nitrogens is 3. The second-order valence-electron chi connectivity index (χ2n) is 8.00. The maximum atomic E-state index is 6.24. The van der Waals surface area contributed by atoms with Gasteiger partial charge in [0.15, 0.2) is 5.82 Å². The first kappa shape index (κ1) is 19.5. The van der Waals surface area contributed by atoms with Crippen molar-refractivity contribution in [2.45, 2.75) is 0 Å². The van der Waals surface area contributed by atoms with E-state index in [1.54, 1.807) is 0 Å². The fourth-order valence-corrected chi connectivity index (χ4v) is 4.88. The van der Waals surface area contributed by atoms with E-state index in [0.717, 1.165) is 60.6 Å². The third kappa shape index (κ3) is 2.98. The van der Waals surface area contributed by atoms with Gasteiger partial charge in [-0.05, 0) is 59.1 Å². The SMILES string of the molecule is Clc1nc(Cl)nc(-c2ccc3c(c2)oc2ccc(-c4cccc5c4oc4ccccc45)cc23)n1. The summed E-state index contributed by atoms with van der Waals surface area (Å²) in [5.74, 6) is 0.393. The molecule has 162 valence electrons. The second-order valence-corrected chi connectivity index (χ2v) is 8.68. The quantitative estimate of drug-likeness (QED) is 0.248. The lowest BCUT2D eigenvalue weighted by Gasteiger charge is -2.03. The van der Waals surface area contributed by atoms with Gasteiger partial charge >= 0.3 is 0 Å². The highest BCUT2D eigenvalue weighted by Crippen LogP contribution is 2.38. The van der Waals surface area contributed by atoms with Crippen LogP contribution in [0.2, 0.25) is 10.6 Å². The molecule has 3 aromatic heterocycles. The van der Waals surface area contributed by atoms with Crippen LogP contribution in [0.3, 0.4) is 0 Å². The minimum Gasteiger partial charge on any atom is -0.456 e. The van der Waals surface area contributed by atoms with E-state index in [1.807, 2.05) is 42.5 Å². The fourth-order valence-electron chi connectivity index (χ4n) is 4.51. The van der Waals surface area contributed by atoms with E-state index in [9.17, 15) is 0 Å². The van der Waals surface area contributed by atoms with E-state index in [-0.39, 0.29) is 10.6 Å². The van der Waals surface area contributed by atoms with Gasteiger partial charge in [0.25, 0.3) is 0 Å². The van der Waals surface area contributed by atoms with E-state index in [1.165, 1.54) is 0 Å². The largest absolute Gasteiger partial charge is 0.456 e. The molecule has 0 aliphatic rings. The summed E-state index contributed by atoms with van der Waals surface area (Å²) >= 11 is 11.9. The zero-order chi connectivity index (χ0) is 22.8. The summed E-state index contributed by atoms with van der Waals surface area (Å²) in [7, 11) is 0. The van der Waals surface area contributed by atoms with Crippen molar-refractivity contribution in [3.8, 4) is 22.5 Å². The first-order valence-corrected chi connectivity index (χ1v) is 11.3. The minimum absolute atomic E-state index is 0.0455. The van der Waals surface area contributed by atoms with E-state index >= 15 is 0 Å². The van der Waals surface area contributed by atoms with E-state index < -0.39 is 0 Å². The molecule has 7 aromatic rings. The van der Waals surface area contributed by atoms with Crippen molar-refractivity contribution in [1.29, 1.82) is 0 Å². The summed E-state index contributed by atoms with van der Waals surface area (Å²) in [6.45, 7) is 0. The molecule has 0 radical (unpaired) electrons. The average Bonchev–Trinajstić information content (AvgIpc) is 3.40. The molecule has 0 saturated carbocycles. The first-order valence-electron chi connectivity index (χ1n) is 10.6. The highest BCUT2D eigenvalue weighted by Gasteiger charge is 2.15. The zero-order valence-electron chi connectivity index (χ0n) is 17.4. The third-order valence-corrected chi connectivity index (χ3v) is 6.36. The molecule has 0 saturated heterocycles. The van der Waals surface area contributed by atoms with Crippen molar-refractivity contribution in [3.63, 3.8) is 0 Å². The monoisotopic (exact) mass is 481 g/mol. The lowest BCUT2D eigenvalue weighted by atomic mass is 10.00. The maximum absolute atomic E-state index is 6.24. The molecule has 0 unspecified atom stereocenters. The molecule has 3 heterocycles. The molecule has 4 aromatic carbocycles. The highest BCUT2D eigenvalue weighted by molar-refractivity contribution is 6.31. The summed E-state index contributed by atoms with van der Waals surface area (Å²) < 4.78 is 12.4. The summed E-state index contributed by atoms with van der Waals surface area (Å²) in [6.07, 6.45) is 0. The Labute approximate surface area is 202 Å². The molecule has 5 nitrogen and oxygen atoms in total. The molecule has 0 bridgehead atoms. The van der Waals surface area contributed by atoms with Gasteiger partial charge in [0, 0.05) is 32.7 Å². The number of rotatable bonds is 2. The molecule has 0 N–H and O–H groups in total. The van der Waals surface area contributed by atoms with Crippen LogP contribution in [0.5, 0.6) is 0 Å². The summed E-state index contributed by atoms with van der Waals surface area (Å²) in [6, 6.07) is 26.3. The molecular formula is C27H13Cl2N3O2. The topological polar surface area (TPSA) is 65.0 Å². The number of fused-ring (bicyclic) bond motifs is 6. The van der Waals surface area contributed by atoms with Crippen LogP contribution in [-0.4, -0.2) is 15.0 Å². The van der Waals surface area contributed by atoms with Gasteiger partial charge < -0.3 is 8.83 Å². The zero-order valence-corrected chi connectivity index (χ0v) is 18.9. The summed E-state index contributed by atoms with van der Waals surface area (Å²) in [5, 5.41) is 4.31. The standard InChI is InChI=1S/C27H13Cl2N3O2/c28-26-30-25(31-27(29)32-26)15-8-10-18-20-12-14(9-11-22(20)33-23(18)13-15)16-5-3-6-19-17-4-1-2-7-21(17)34-24(16)19/h1-13H. The molecule has 34 heavy (non-hydrogen) atoms. The van der Waals surface area contributed by atoms with Crippen LogP contribution >= 0.6 is 23.2 Å². The van der Waals surface area contributed by atoms with Crippen molar-refractivity contribution < 1.29 is 8.83 Å². The van der Waals surface area contributed by atoms with Crippen molar-refractivity contribution in [3.05, 3.63) is 89.4 Å². The van der Waals surface area contributed by atoms with E-state index in [4.69, 9.17) is 32.0 Å². The van der Waals surface area contributed by atoms with Gasteiger partial charge in [-0.25, -0.2) is 0 Å². The number of hydrogen-bond donors (Lipinski definition) is 0. The number of furan rings is 2. The summed E-state index contributed by atoms with van der Waals surface area (Å²) in [5.41, 5.74) is 6.10. The van der Waals surface area contributed by atoms with Gasteiger partial charge in [-0.15, -0.1) is 0 Å². The number of hydrogen-bond acceptors (Lipinski definition) is 5. The van der Waals surface area contributed by atoms with Gasteiger partial charge in [-0.3, -0.25) is 0 Å². The van der Waals surface area contributed by atoms with E-state index in [2.05, 4.69) is 51.4 Å². The molecule has 7 rings (SSSR count). The molecule has 0 fully saturated rings. The van der Waals surface area contributed by atoms with Gasteiger partial charge in [0.2, 0.25) is 10.6 Å². The number of nitrogens with zero attached hydrogens (tertiary/aromatic N) is 3. The average molecular weight is 482 g/mol. The molecule has 7 heteroatoms. The van der Waals surface area contributed by atoms with Gasteiger partial charge in [0.05, 0.1) is 0 Å². The van der Waals surface area contributed by atoms with Crippen LogP contribution < -0.4 is 0 Å². The molecular weight excluding hydrogens is 469 g/mol. The smallest absolute Gasteiger partial charge is 0.227 e. The van der Waals surface area contributed by atoms with Crippen molar-refractivity contribution in [2.24, 2.45) is 0 Å². The van der Waals surface area contributed by atoms with Crippen molar-refractivity contribution in [2.75, 3.05) is 0 Å². The number of para-hydroxylation sites is 2. The number of benzene rings is 4. The van der Waals surface area contributed by atoms with Gasteiger partial charge in [-0.2, -0.15) is 15.0 Å². The normalized spacial score (nSPS) is 11.8. The van der Waals surface area contributed by atoms with Gasteiger partial charge in [0.1, 0.15) is 22.3 Å². The van der Waals surface area contributed by atoms with Crippen LogP contribution in [0, 0.1) is 0 Å². The van der Waals surface area contributed by atoms with Crippen LogP contribution in [-0.2, 0) is 0 Å². The van der Waals surface area contributed by atoms with Crippen LogP contribution in [0.1, 0.15) is 0 Å². The number of halogens is 2. The predicted octanol–water partition coefficient (Wildman–Crippen LogP) is 8.31. The van der Waals surface area contributed by atoms with Gasteiger partial charge in [-0.1, -0.05) is 48.5 Å². The van der Waals surface area contributed by atoms with Crippen molar-refractivity contribution >= 4 is 67.1 Å². The van der Waals surface area contributed by atoms with Crippen LogP contribution in [0.25, 0.3) is 66.4 Å². The lowest BCUT2D eigenvalue weighted by Crippen LogP contribution is -1.93. The maximum Gasteiger partial charge on any atom is 0.227 e. The third-order valence-electron chi connectivity index (χ3n) is 6.03. The Hall–Kier alpha value is -3.93. The molecule has 0 aliphatic carbocycles. The minimum atomic E-state index is 0.0455. The molecule has 0 atom stereocenters. The Bertz CT molecular complexity index is 1890. The Morgan fingerprint density at radius 1 is 0.529 bits per heavy atom. The first-order chi connectivity index (χ1) is 16.6. The van der Waals surface area contributed by atoms with Crippen LogP contribution in [0.15, 0.2) is 87.7 Å².